The van der Waals surface area contributed by atoms with Gasteiger partial charge in [-0.3, -0.25) is 0 Å². The van der Waals surface area contributed by atoms with Crippen LogP contribution in [-0.2, 0) is 4.74 Å². The third-order valence-electron chi connectivity index (χ3n) is 4.80. The molecule has 0 aromatic rings. The van der Waals surface area contributed by atoms with Gasteiger partial charge in [0.15, 0.2) is 0 Å². The molecule has 2 bridgehead atoms. The van der Waals surface area contributed by atoms with Gasteiger partial charge in [-0.25, -0.2) is 0 Å². The van der Waals surface area contributed by atoms with E-state index in [2.05, 4.69) is 41.8 Å². The smallest absolute Gasteiger partial charge is 0.146 e. The van der Waals surface area contributed by atoms with E-state index in [0.29, 0.717) is 6.00 Å². The molecule has 2 heteroatoms. The highest BCUT2D eigenvalue weighted by molar-refractivity contribution is 6.35. The topological polar surface area (TPSA) is 9.23 Å². The van der Waals surface area contributed by atoms with Gasteiger partial charge in [-0.15, -0.1) is 0 Å². The van der Waals surface area contributed by atoms with Gasteiger partial charge in [0, 0.05) is 6.00 Å². The fourth-order valence-electron chi connectivity index (χ4n) is 4.63. The molecule has 1 heterocycles. The van der Waals surface area contributed by atoms with Crippen molar-refractivity contribution in [2.45, 2.75) is 71.8 Å². The van der Waals surface area contributed by atoms with Gasteiger partial charge in [-0.1, -0.05) is 40.9 Å². The molecule has 4 atom stereocenters. The number of hydrogen-bond acceptors (Lipinski definition) is 1. The first-order valence-corrected chi connectivity index (χ1v) is 7.47. The summed E-state index contributed by atoms with van der Waals surface area (Å²) in [7, 11) is 2.30. The fraction of sp³-hybridized carbons (Fsp3) is 1.00. The number of rotatable bonds is 4. The van der Waals surface area contributed by atoms with Crippen molar-refractivity contribution >= 4 is 7.28 Å². The normalized spacial score (nSPS) is 41.2. The predicted octanol–water partition coefficient (Wildman–Crippen LogP) is 3.95. The Morgan fingerprint density at radius 3 is 2.53 bits per heavy atom. The van der Waals surface area contributed by atoms with Gasteiger partial charge in [0.1, 0.15) is 7.28 Å². The van der Waals surface area contributed by atoms with E-state index < -0.39 is 0 Å². The summed E-state index contributed by atoms with van der Waals surface area (Å²) in [6.45, 7) is 11.6. The van der Waals surface area contributed by atoms with E-state index in [1.165, 1.54) is 25.7 Å². The van der Waals surface area contributed by atoms with Crippen molar-refractivity contribution in [1.82, 2.24) is 0 Å². The highest BCUT2D eigenvalue weighted by Crippen LogP contribution is 2.55. The fourth-order valence-corrected chi connectivity index (χ4v) is 4.63. The first-order valence-electron chi connectivity index (χ1n) is 7.47. The Labute approximate surface area is 108 Å². The lowest BCUT2D eigenvalue weighted by molar-refractivity contribution is -0.0686. The molecule has 0 spiro atoms. The SMILES string of the molecule is C[B]C1OC2(CC(C)C)CCCC1C2C(C)C. The van der Waals surface area contributed by atoms with Crippen LogP contribution in [0.1, 0.15) is 53.4 Å². The van der Waals surface area contributed by atoms with Crippen LogP contribution in [0.25, 0.3) is 0 Å². The molecule has 0 N–H and O–H groups in total. The van der Waals surface area contributed by atoms with Gasteiger partial charge in [-0.2, -0.15) is 0 Å². The Kier molecular flexibility index (Phi) is 3.92. The summed E-state index contributed by atoms with van der Waals surface area (Å²) in [4.78, 5) is 0. The highest BCUT2D eigenvalue weighted by atomic mass is 16.5. The minimum Gasteiger partial charge on any atom is -0.380 e. The molecule has 2 fully saturated rings. The molecule has 1 aliphatic carbocycles. The molecule has 1 radical (unpaired) electrons. The van der Waals surface area contributed by atoms with E-state index in [4.69, 9.17) is 4.74 Å². The summed E-state index contributed by atoms with van der Waals surface area (Å²) >= 11 is 0. The van der Waals surface area contributed by atoms with Crippen molar-refractivity contribution in [3.05, 3.63) is 0 Å². The molecule has 1 nitrogen and oxygen atoms in total. The Hall–Kier alpha value is 0.0249. The van der Waals surface area contributed by atoms with Crippen LogP contribution < -0.4 is 0 Å². The minimum absolute atomic E-state index is 0.197. The first-order chi connectivity index (χ1) is 8.00. The molecular formula is C15H28BO. The largest absolute Gasteiger partial charge is 0.380 e. The summed E-state index contributed by atoms with van der Waals surface area (Å²) in [5.74, 6) is 3.06. The van der Waals surface area contributed by atoms with E-state index in [1.54, 1.807) is 0 Å². The Morgan fingerprint density at radius 1 is 1.29 bits per heavy atom. The minimum atomic E-state index is 0.197. The number of ether oxygens (including phenoxy) is 1. The zero-order chi connectivity index (χ0) is 12.6. The van der Waals surface area contributed by atoms with Crippen LogP contribution in [-0.4, -0.2) is 18.9 Å². The average Bonchev–Trinajstić information content (AvgIpc) is 2.41. The molecule has 0 aromatic heterocycles. The molecule has 4 unspecified atom stereocenters. The maximum Gasteiger partial charge on any atom is 0.146 e. The van der Waals surface area contributed by atoms with Crippen LogP contribution in [0.15, 0.2) is 0 Å². The molecule has 2 rings (SSSR count). The van der Waals surface area contributed by atoms with Crippen LogP contribution in [0.5, 0.6) is 0 Å². The molecule has 1 saturated carbocycles. The Bertz CT molecular complexity index is 264. The quantitative estimate of drug-likeness (QED) is 0.670. The first kappa shape index (κ1) is 13.5. The van der Waals surface area contributed by atoms with E-state index in [0.717, 1.165) is 23.7 Å². The zero-order valence-electron chi connectivity index (χ0n) is 12.2. The van der Waals surface area contributed by atoms with Crippen molar-refractivity contribution in [3.63, 3.8) is 0 Å². The van der Waals surface area contributed by atoms with Crippen molar-refractivity contribution in [1.29, 1.82) is 0 Å². The Balaban J connectivity index is 2.26. The van der Waals surface area contributed by atoms with Gasteiger partial charge in [0.25, 0.3) is 0 Å². The van der Waals surface area contributed by atoms with E-state index in [1.807, 2.05) is 0 Å². The summed E-state index contributed by atoms with van der Waals surface area (Å²) in [5.41, 5.74) is 0.197. The highest BCUT2D eigenvalue weighted by Gasteiger charge is 2.56. The van der Waals surface area contributed by atoms with Crippen LogP contribution in [0.3, 0.4) is 0 Å². The lowest BCUT2D eigenvalue weighted by atomic mass is 9.58. The maximum absolute atomic E-state index is 6.55. The van der Waals surface area contributed by atoms with Gasteiger partial charge < -0.3 is 4.74 Å². The zero-order valence-corrected chi connectivity index (χ0v) is 12.2. The third kappa shape index (κ3) is 2.30. The van der Waals surface area contributed by atoms with Crippen molar-refractivity contribution in [3.8, 4) is 0 Å². The maximum atomic E-state index is 6.55. The van der Waals surface area contributed by atoms with E-state index >= 15 is 0 Å². The second kappa shape index (κ2) is 4.95. The number of hydrogen-bond donors (Lipinski definition) is 0. The summed E-state index contributed by atoms with van der Waals surface area (Å²) in [6.07, 6.45) is 5.27. The second-order valence-corrected chi connectivity index (χ2v) is 6.90. The Morgan fingerprint density at radius 2 is 2.00 bits per heavy atom. The van der Waals surface area contributed by atoms with Crippen LogP contribution in [0, 0.1) is 23.7 Å². The lowest BCUT2D eigenvalue weighted by Gasteiger charge is -2.43. The van der Waals surface area contributed by atoms with Gasteiger partial charge in [-0.05, 0) is 42.9 Å². The summed E-state index contributed by atoms with van der Waals surface area (Å²) in [5, 5.41) is 0. The predicted molar refractivity (Wildman–Crippen MR) is 74.3 cm³/mol. The molecule has 2 aliphatic rings. The van der Waals surface area contributed by atoms with Crippen LogP contribution in [0.2, 0.25) is 6.82 Å². The summed E-state index contributed by atoms with van der Waals surface area (Å²) < 4.78 is 6.55. The van der Waals surface area contributed by atoms with Crippen molar-refractivity contribution in [2.75, 3.05) is 0 Å². The molecule has 0 amide bonds. The second-order valence-electron chi connectivity index (χ2n) is 6.90. The molecule has 97 valence electrons. The van der Waals surface area contributed by atoms with Gasteiger partial charge in [0.05, 0.1) is 5.60 Å². The van der Waals surface area contributed by atoms with Gasteiger partial charge >= 0.3 is 0 Å². The monoisotopic (exact) mass is 235 g/mol. The third-order valence-corrected chi connectivity index (χ3v) is 4.80. The van der Waals surface area contributed by atoms with Crippen LogP contribution in [0.4, 0.5) is 0 Å². The van der Waals surface area contributed by atoms with Gasteiger partial charge in [0.2, 0.25) is 0 Å². The van der Waals surface area contributed by atoms with Crippen LogP contribution >= 0.6 is 0 Å². The molecule has 1 saturated heterocycles. The molecule has 17 heavy (non-hydrogen) atoms. The average molecular weight is 235 g/mol. The van der Waals surface area contributed by atoms with Crippen molar-refractivity contribution < 1.29 is 4.74 Å². The lowest BCUT2D eigenvalue weighted by Crippen LogP contribution is -2.43. The number of fused-ring (bicyclic) bond motifs is 2. The molecule has 1 aliphatic heterocycles. The molecule has 0 aromatic carbocycles. The molecular weight excluding hydrogens is 207 g/mol. The summed E-state index contributed by atoms with van der Waals surface area (Å²) in [6, 6.07) is 0.420. The van der Waals surface area contributed by atoms with Crippen molar-refractivity contribution in [2.24, 2.45) is 23.7 Å². The van der Waals surface area contributed by atoms with E-state index in [-0.39, 0.29) is 5.60 Å². The van der Waals surface area contributed by atoms with E-state index in [9.17, 15) is 0 Å². The standard InChI is InChI=1S/C15H28BO/c1-10(2)9-15-8-6-7-12(13(15)11(3)4)14(16-5)17-15/h10-14H,6-9H2,1-5H3.